The van der Waals surface area contributed by atoms with Gasteiger partial charge in [0.1, 0.15) is 13.2 Å². The Morgan fingerprint density at radius 2 is 1.30 bits per heavy atom. The van der Waals surface area contributed by atoms with Crippen LogP contribution >= 0.6 is 0 Å². The van der Waals surface area contributed by atoms with Crippen molar-refractivity contribution in [2.45, 2.75) is 38.1 Å². The van der Waals surface area contributed by atoms with Crippen LogP contribution in [-0.4, -0.2) is 10.7 Å². The summed E-state index contributed by atoms with van der Waals surface area (Å²) in [5, 5.41) is 10.4. The minimum Gasteiger partial charge on any atom is -0.485 e. The van der Waals surface area contributed by atoms with Gasteiger partial charge in [-0.1, -0.05) is 72.8 Å². The topological polar surface area (TPSA) is 38.7 Å². The van der Waals surface area contributed by atoms with Crippen molar-refractivity contribution in [1.29, 1.82) is 0 Å². The van der Waals surface area contributed by atoms with Gasteiger partial charge in [0.15, 0.2) is 11.5 Å². The molecule has 0 bridgehead atoms. The molecule has 0 atom stereocenters. The summed E-state index contributed by atoms with van der Waals surface area (Å²) in [5.41, 5.74) is 2.63. The minimum absolute atomic E-state index is 0.470. The zero-order valence-corrected chi connectivity index (χ0v) is 15.3. The smallest absolute Gasteiger partial charge is 0.164 e. The lowest BCUT2D eigenvalue weighted by Gasteiger charge is -2.18. The monoisotopic (exact) mass is 360 g/mol. The van der Waals surface area contributed by atoms with E-state index in [1.807, 2.05) is 78.9 Å². The highest BCUT2D eigenvalue weighted by Gasteiger charge is 2.41. The maximum absolute atomic E-state index is 10.4. The van der Waals surface area contributed by atoms with Crippen LogP contribution in [0.5, 0.6) is 11.5 Å². The Hall–Kier alpha value is -2.78. The summed E-state index contributed by atoms with van der Waals surface area (Å²) in [6, 6.07) is 26.1. The Balaban J connectivity index is 1.55. The molecular weight excluding hydrogens is 336 g/mol. The van der Waals surface area contributed by atoms with Crippen LogP contribution in [0.1, 0.15) is 29.5 Å². The molecule has 1 fully saturated rings. The molecule has 1 aliphatic rings. The van der Waals surface area contributed by atoms with E-state index in [1.165, 1.54) is 0 Å². The fourth-order valence-electron chi connectivity index (χ4n) is 3.12. The van der Waals surface area contributed by atoms with Gasteiger partial charge in [-0.3, -0.25) is 0 Å². The molecule has 0 spiro atoms. The molecule has 0 radical (unpaired) electrons. The van der Waals surface area contributed by atoms with E-state index in [-0.39, 0.29) is 0 Å². The van der Waals surface area contributed by atoms with Crippen molar-refractivity contribution in [3.8, 4) is 11.5 Å². The molecule has 0 aliphatic heterocycles. The fraction of sp³-hybridized carbons (Fsp3) is 0.250. The highest BCUT2D eigenvalue weighted by Crippen LogP contribution is 2.42. The second-order valence-electron chi connectivity index (χ2n) is 7.19. The van der Waals surface area contributed by atoms with Crippen molar-refractivity contribution in [2.24, 2.45) is 0 Å². The Morgan fingerprint density at radius 3 is 1.89 bits per heavy atom. The number of hydrogen-bond acceptors (Lipinski definition) is 3. The minimum atomic E-state index is -0.580. The first-order valence-electron chi connectivity index (χ1n) is 9.40. The first kappa shape index (κ1) is 17.6. The van der Waals surface area contributed by atoms with Crippen molar-refractivity contribution in [1.82, 2.24) is 0 Å². The molecule has 138 valence electrons. The van der Waals surface area contributed by atoms with Gasteiger partial charge in [-0.25, -0.2) is 0 Å². The van der Waals surface area contributed by atoms with Gasteiger partial charge in [0.05, 0.1) is 5.60 Å². The molecule has 0 amide bonds. The van der Waals surface area contributed by atoms with Crippen LogP contribution in [-0.2, 0) is 19.6 Å². The molecular formula is C24H24O3. The van der Waals surface area contributed by atoms with Crippen LogP contribution in [0.15, 0.2) is 78.9 Å². The lowest BCUT2D eigenvalue weighted by Crippen LogP contribution is -2.12. The molecule has 1 saturated carbocycles. The SMILES string of the molecule is OC1(Cc2cccc(OCc3ccccc3)c2OCc2ccccc2)CC1. The van der Waals surface area contributed by atoms with Gasteiger partial charge in [0.25, 0.3) is 0 Å². The summed E-state index contributed by atoms with van der Waals surface area (Å²) in [6.45, 7) is 0.953. The second kappa shape index (κ2) is 7.85. The lowest BCUT2D eigenvalue weighted by molar-refractivity contribution is 0.148. The van der Waals surface area contributed by atoms with E-state index >= 15 is 0 Å². The molecule has 4 rings (SSSR count). The number of rotatable bonds is 8. The summed E-state index contributed by atoms with van der Waals surface area (Å²) < 4.78 is 12.3. The second-order valence-corrected chi connectivity index (χ2v) is 7.19. The summed E-state index contributed by atoms with van der Waals surface area (Å²) >= 11 is 0. The van der Waals surface area contributed by atoms with Gasteiger partial charge in [0.2, 0.25) is 0 Å². The van der Waals surface area contributed by atoms with E-state index < -0.39 is 5.60 Å². The van der Waals surface area contributed by atoms with Gasteiger partial charge in [0, 0.05) is 12.0 Å². The molecule has 1 N–H and O–H groups in total. The van der Waals surface area contributed by atoms with E-state index in [0.29, 0.717) is 19.6 Å². The summed E-state index contributed by atoms with van der Waals surface area (Å²) in [7, 11) is 0. The van der Waals surface area contributed by atoms with Crippen molar-refractivity contribution >= 4 is 0 Å². The van der Waals surface area contributed by atoms with E-state index in [1.54, 1.807) is 0 Å². The van der Waals surface area contributed by atoms with Crippen molar-refractivity contribution in [3.05, 3.63) is 95.6 Å². The predicted molar refractivity (Wildman–Crippen MR) is 106 cm³/mol. The Kier molecular flexibility index (Phi) is 5.12. The lowest BCUT2D eigenvalue weighted by atomic mass is 10.0. The van der Waals surface area contributed by atoms with Crippen LogP contribution < -0.4 is 9.47 Å². The van der Waals surface area contributed by atoms with Crippen LogP contribution in [0.25, 0.3) is 0 Å². The van der Waals surface area contributed by atoms with Gasteiger partial charge in [-0.2, -0.15) is 0 Å². The number of ether oxygens (including phenoxy) is 2. The Morgan fingerprint density at radius 1 is 0.704 bits per heavy atom. The molecule has 1 aliphatic carbocycles. The van der Waals surface area contributed by atoms with Crippen molar-refractivity contribution < 1.29 is 14.6 Å². The molecule has 0 unspecified atom stereocenters. The average Bonchev–Trinajstić information content (AvgIpc) is 3.44. The third-order valence-electron chi connectivity index (χ3n) is 4.87. The number of benzene rings is 3. The molecule has 3 nitrogen and oxygen atoms in total. The number of aliphatic hydroxyl groups is 1. The molecule has 0 aromatic heterocycles. The van der Waals surface area contributed by atoms with Gasteiger partial charge < -0.3 is 14.6 Å². The van der Waals surface area contributed by atoms with Crippen LogP contribution in [0.3, 0.4) is 0 Å². The Bertz CT molecular complexity index is 871. The van der Waals surface area contributed by atoms with E-state index in [4.69, 9.17) is 9.47 Å². The van der Waals surface area contributed by atoms with Gasteiger partial charge in [-0.15, -0.1) is 0 Å². The number of para-hydroxylation sites is 1. The van der Waals surface area contributed by atoms with Crippen molar-refractivity contribution in [3.63, 3.8) is 0 Å². The average molecular weight is 360 g/mol. The highest BCUT2D eigenvalue weighted by atomic mass is 16.5. The normalized spacial score (nSPS) is 14.6. The molecule has 0 heterocycles. The number of hydrogen-bond donors (Lipinski definition) is 1. The highest BCUT2D eigenvalue weighted by molar-refractivity contribution is 5.48. The first-order chi connectivity index (χ1) is 13.2. The molecule has 3 aromatic carbocycles. The standard InChI is InChI=1S/C24H24O3/c25-24(14-15-24)16-21-12-7-13-22(26-17-19-8-3-1-4-9-19)23(21)27-18-20-10-5-2-6-11-20/h1-13,25H,14-18H2. The zero-order chi connectivity index (χ0) is 18.5. The van der Waals surface area contributed by atoms with Crippen LogP contribution in [0.2, 0.25) is 0 Å². The summed E-state index contributed by atoms with van der Waals surface area (Å²) in [4.78, 5) is 0. The van der Waals surface area contributed by atoms with Crippen molar-refractivity contribution in [2.75, 3.05) is 0 Å². The quantitative estimate of drug-likeness (QED) is 0.620. The first-order valence-corrected chi connectivity index (χ1v) is 9.40. The third-order valence-corrected chi connectivity index (χ3v) is 4.87. The van der Waals surface area contributed by atoms with E-state index in [9.17, 15) is 5.11 Å². The van der Waals surface area contributed by atoms with Gasteiger partial charge in [-0.05, 0) is 30.0 Å². The molecule has 3 heteroatoms. The van der Waals surface area contributed by atoms with E-state index in [2.05, 4.69) is 0 Å². The van der Waals surface area contributed by atoms with Crippen LogP contribution in [0, 0.1) is 0 Å². The maximum Gasteiger partial charge on any atom is 0.164 e. The third kappa shape index (κ3) is 4.69. The summed E-state index contributed by atoms with van der Waals surface area (Å²) in [5.74, 6) is 1.45. The fourth-order valence-corrected chi connectivity index (χ4v) is 3.12. The summed E-state index contributed by atoms with van der Waals surface area (Å²) in [6.07, 6.45) is 2.29. The molecule has 3 aromatic rings. The Labute approximate surface area is 160 Å². The van der Waals surface area contributed by atoms with E-state index in [0.717, 1.165) is 41.0 Å². The maximum atomic E-state index is 10.4. The molecule has 27 heavy (non-hydrogen) atoms. The zero-order valence-electron chi connectivity index (χ0n) is 15.3. The predicted octanol–water partition coefficient (Wildman–Crippen LogP) is 4.91. The largest absolute Gasteiger partial charge is 0.485 e. The van der Waals surface area contributed by atoms with Crippen LogP contribution in [0.4, 0.5) is 0 Å². The molecule has 0 saturated heterocycles. The van der Waals surface area contributed by atoms with Gasteiger partial charge >= 0.3 is 0 Å².